The smallest absolute Gasteiger partial charge is 0.245 e. The number of hydrogen-bond donors (Lipinski definition) is 1. The maximum atomic E-state index is 9.40. The Kier molecular flexibility index (Phi) is 7.74. The van der Waals surface area contributed by atoms with E-state index in [4.69, 9.17) is 0 Å². The van der Waals surface area contributed by atoms with E-state index in [9.17, 15) is 5.11 Å². The van der Waals surface area contributed by atoms with Gasteiger partial charge in [-0.05, 0) is 12.8 Å². The van der Waals surface area contributed by atoms with Crippen molar-refractivity contribution in [2.45, 2.75) is 78.0 Å². The summed E-state index contributed by atoms with van der Waals surface area (Å²) in [5.74, 6) is 0. The van der Waals surface area contributed by atoms with Gasteiger partial charge in [0.05, 0.1) is 6.54 Å². The molecule has 1 unspecified atom stereocenters. The summed E-state index contributed by atoms with van der Waals surface area (Å²) < 4.78 is 3.98. The Morgan fingerprint density at radius 2 is 1.67 bits per heavy atom. The molecular formula is C15H29N2O+. The first-order valence-electron chi connectivity index (χ1n) is 7.48. The largest absolute Gasteiger partial charge is 0.355 e. The molecule has 0 aliphatic heterocycles. The summed E-state index contributed by atoms with van der Waals surface area (Å²) >= 11 is 0. The molecule has 1 aromatic rings. The van der Waals surface area contributed by atoms with Gasteiger partial charge in [0, 0.05) is 6.92 Å². The molecule has 0 spiro atoms. The molecule has 0 aliphatic rings. The Hall–Kier alpha value is -0.830. The molecule has 1 aromatic heterocycles. The van der Waals surface area contributed by atoms with Crippen molar-refractivity contribution in [3.05, 3.63) is 18.7 Å². The summed E-state index contributed by atoms with van der Waals surface area (Å²) in [6.45, 7) is 5.10. The molecule has 3 nitrogen and oxygen atoms in total. The second-order valence-corrected chi connectivity index (χ2v) is 5.21. The maximum absolute atomic E-state index is 9.40. The van der Waals surface area contributed by atoms with Crippen LogP contribution in [-0.2, 0) is 6.54 Å². The molecule has 0 radical (unpaired) electrons. The zero-order chi connectivity index (χ0) is 13.2. The van der Waals surface area contributed by atoms with Gasteiger partial charge in [-0.2, -0.15) is 0 Å². The minimum atomic E-state index is -0.426. The van der Waals surface area contributed by atoms with E-state index in [1.165, 1.54) is 51.4 Å². The number of aliphatic hydroxyl groups excluding tert-OH is 1. The van der Waals surface area contributed by atoms with Crippen LogP contribution in [0.25, 0.3) is 0 Å². The number of imidazole rings is 1. The van der Waals surface area contributed by atoms with Gasteiger partial charge in [0.2, 0.25) is 6.33 Å². The molecular weight excluding hydrogens is 224 g/mol. The Bertz CT molecular complexity index is 307. The lowest BCUT2D eigenvalue weighted by atomic mass is 10.1. The molecule has 0 aromatic carbocycles. The number of nitrogens with zero attached hydrogens (tertiary/aromatic N) is 2. The van der Waals surface area contributed by atoms with Crippen LogP contribution in [0.1, 0.15) is 71.4 Å². The number of unbranched alkanes of at least 4 members (excludes halogenated alkanes) is 7. The lowest BCUT2D eigenvalue weighted by Gasteiger charge is -2.00. The molecule has 1 atom stereocenters. The molecule has 0 saturated carbocycles. The van der Waals surface area contributed by atoms with Gasteiger partial charge in [-0.3, -0.25) is 0 Å². The first kappa shape index (κ1) is 15.2. The molecule has 0 aliphatic carbocycles. The van der Waals surface area contributed by atoms with Crippen LogP contribution in [0.2, 0.25) is 0 Å². The van der Waals surface area contributed by atoms with E-state index < -0.39 is 6.23 Å². The van der Waals surface area contributed by atoms with E-state index in [1.807, 2.05) is 23.3 Å². The van der Waals surface area contributed by atoms with Gasteiger partial charge < -0.3 is 5.11 Å². The highest BCUT2D eigenvalue weighted by atomic mass is 16.3. The highest BCUT2D eigenvalue weighted by Gasteiger charge is 2.07. The fraction of sp³-hybridized carbons (Fsp3) is 0.800. The molecule has 0 amide bonds. The van der Waals surface area contributed by atoms with Crippen molar-refractivity contribution < 1.29 is 9.67 Å². The molecule has 1 N–H and O–H groups in total. The average Bonchev–Trinajstić information content (AvgIpc) is 2.81. The van der Waals surface area contributed by atoms with Gasteiger partial charge in [-0.15, -0.1) is 0 Å². The van der Waals surface area contributed by atoms with Gasteiger partial charge in [0.15, 0.2) is 6.23 Å². The molecule has 104 valence electrons. The van der Waals surface area contributed by atoms with E-state index in [0.29, 0.717) is 0 Å². The van der Waals surface area contributed by atoms with E-state index in [-0.39, 0.29) is 0 Å². The summed E-state index contributed by atoms with van der Waals surface area (Å²) in [6, 6.07) is 0. The molecule has 3 heteroatoms. The summed E-state index contributed by atoms with van der Waals surface area (Å²) in [5.41, 5.74) is 0. The number of rotatable bonds is 10. The third-order valence-electron chi connectivity index (χ3n) is 3.41. The summed E-state index contributed by atoms with van der Waals surface area (Å²) in [7, 11) is 0. The van der Waals surface area contributed by atoms with Crippen LogP contribution >= 0.6 is 0 Å². The standard InChI is InChI=1S/C15H29N2O/c1-3-4-5-6-7-8-9-10-11-16-12-13-17(14-16)15(2)18/h12-15,18H,3-11H2,1-2H3/q+1. The van der Waals surface area contributed by atoms with Crippen LogP contribution in [0, 0.1) is 0 Å². The molecule has 18 heavy (non-hydrogen) atoms. The number of aromatic nitrogens is 2. The number of hydrogen-bond acceptors (Lipinski definition) is 1. The SMILES string of the molecule is CCCCCCCCCC[n+]1ccn(C(C)O)c1. The third-order valence-corrected chi connectivity index (χ3v) is 3.41. The fourth-order valence-electron chi connectivity index (χ4n) is 2.19. The summed E-state index contributed by atoms with van der Waals surface area (Å²) in [5, 5.41) is 9.40. The van der Waals surface area contributed by atoms with Gasteiger partial charge >= 0.3 is 0 Å². The van der Waals surface area contributed by atoms with Crippen molar-refractivity contribution >= 4 is 0 Å². The van der Waals surface area contributed by atoms with Crippen LogP contribution in [-0.4, -0.2) is 9.67 Å². The molecule has 0 fully saturated rings. The monoisotopic (exact) mass is 253 g/mol. The molecule has 0 saturated heterocycles. The van der Waals surface area contributed by atoms with Gasteiger partial charge in [0.1, 0.15) is 12.4 Å². The first-order chi connectivity index (χ1) is 8.74. The highest BCUT2D eigenvalue weighted by molar-refractivity contribution is 4.67. The minimum Gasteiger partial charge on any atom is -0.355 e. The quantitative estimate of drug-likeness (QED) is 0.502. The van der Waals surface area contributed by atoms with Crippen molar-refractivity contribution in [1.82, 2.24) is 4.57 Å². The minimum absolute atomic E-state index is 0.426. The van der Waals surface area contributed by atoms with Gasteiger partial charge in [-0.25, -0.2) is 9.13 Å². The zero-order valence-corrected chi connectivity index (χ0v) is 12.0. The average molecular weight is 253 g/mol. The van der Waals surface area contributed by atoms with Crippen molar-refractivity contribution in [2.24, 2.45) is 0 Å². The van der Waals surface area contributed by atoms with Gasteiger partial charge in [0.25, 0.3) is 0 Å². The Morgan fingerprint density at radius 1 is 1.06 bits per heavy atom. The predicted molar refractivity (Wildman–Crippen MR) is 74.2 cm³/mol. The van der Waals surface area contributed by atoms with Crippen molar-refractivity contribution in [3.63, 3.8) is 0 Å². The lowest BCUT2D eigenvalue weighted by molar-refractivity contribution is -0.697. The second-order valence-electron chi connectivity index (χ2n) is 5.21. The van der Waals surface area contributed by atoms with E-state index in [1.54, 1.807) is 6.92 Å². The predicted octanol–water partition coefficient (Wildman–Crippen LogP) is 3.43. The molecule has 0 bridgehead atoms. The second kappa shape index (κ2) is 9.15. The van der Waals surface area contributed by atoms with Crippen LogP contribution in [0.5, 0.6) is 0 Å². The maximum Gasteiger partial charge on any atom is 0.245 e. The van der Waals surface area contributed by atoms with Crippen LogP contribution in [0.4, 0.5) is 0 Å². The topological polar surface area (TPSA) is 29.0 Å². The zero-order valence-electron chi connectivity index (χ0n) is 12.0. The number of aliphatic hydroxyl groups is 1. The van der Waals surface area contributed by atoms with E-state index in [0.717, 1.165) is 6.54 Å². The van der Waals surface area contributed by atoms with Crippen LogP contribution in [0.15, 0.2) is 18.7 Å². The van der Waals surface area contributed by atoms with E-state index >= 15 is 0 Å². The van der Waals surface area contributed by atoms with Gasteiger partial charge in [-0.1, -0.05) is 45.4 Å². The molecule has 1 heterocycles. The lowest BCUT2D eigenvalue weighted by Crippen LogP contribution is -2.31. The van der Waals surface area contributed by atoms with Crippen molar-refractivity contribution in [3.8, 4) is 0 Å². The third kappa shape index (κ3) is 6.20. The summed E-state index contributed by atoms with van der Waals surface area (Å²) in [6.07, 6.45) is 16.4. The first-order valence-corrected chi connectivity index (χ1v) is 7.48. The summed E-state index contributed by atoms with van der Waals surface area (Å²) in [4.78, 5) is 0. The van der Waals surface area contributed by atoms with Crippen LogP contribution in [0.3, 0.4) is 0 Å². The number of aryl methyl sites for hydroxylation is 1. The Morgan fingerprint density at radius 3 is 2.22 bits per heavy atom. The normalized spacial score (nSPS) is 12.8. The van der Waals surface area contributed by atoms with Crippen molar-refractivity contribution in [1.29, 1.82) is 0 Å². The van der Waals surface area contributed by atoms with E-state index in [2.05, 4.69) is 11.5 Å². The van der Waals surface area contributed by atoms with Crippen molar-refractivity contribution in [2.75, 3.05) is 0 Å². The fourth-order valence-corrected chi connectivity index (χ4v) is 2.19. The Labute approximate surface area is 111 Å². The Balaban J connectivity index is 2.00. The highest BCUT2D eigenvalue weighted by Crippen LogP contribution is 2.08. The van der Waals surface area contributed by atoms with Crippen LogP contribution < -0.4 is 4.57 Å². The molecule has 1 rings (SSSR count).